The highest BCUT2D eigenvalue weighted by atomic mass is 16.3. The van der Waals surface area contributed by atoms with E-state index in [4.69, 9.17) is 0 Å². The molecule has 3 atom stereocenters. The van der Waals surface area contributed by atoms with Crippen LogP contribution in [-0.4, -0.2) is 17.0 Å². The molecule has 2 nitrogen and oxygen atoms in total. The third-order valence-corrected chi connectivity index (χ3v) is 5.77. The lowest BCUT2D eigenvalue weighted by Gasteiger charge is -2.50. The standard InChI is InChI=1S/C16H22O2/c1-10-11-6-8-16(3)13(4-5-14(16)18)15(11,2)9-7-12(10)17/h4,14,18H,5-9H2,1-3H3/t14-,15-,16+/m1/s1. The largest absolute Gasteiger partial charge is 0.392 e. The van der Waals surface area contributed by atoms with Crippen molar-refractivity contribution < 1.29 is 9.90 Å². The molecule has 0 amide bonds. The summed E-state index contributed by atoms with van der Waals surface area (Å²) in [6.07, 6.45) is 6.33. The molecule has 0 bridgehead atoms. The monoisotopic (exact) mass is 246 g/mol. The van der Waals surface area contributed by atoms with Gasteiger partial charge in [-0.25, -0.2) is 0 Å². The van der Waals surface area contributed by atoms with Crippen LogP contribution in [0.5, 0.6) is 0 Å². The average molecular weight is 246 g/mol. The van der Waals surface area contributed by atoms with Crippen molar-refractivity contribution in [3.8, 4) is 0 Å². The second-order valence-corrected chi connectivity index (χ2v) is 6.65. The van der Waals surface area contributed by atoms with E-state index in [0.29, 0.717) is 12.2 Å². The predicted octanol–water partition coefficient (Wildman–Crippen LogP) is 3.16. The number of aliphatic hydroxyl groups is 1. The van der Waals surface area contributed by atoms with Crippen LogP contribution in [0.3, 0.4) is 0 Å². The van der Waals surface area contributed by atoms with Crippen LogP contribution in [0.1, 0.15) is 52.9 Å². The van der Waals surface area contributed by atoms with E-state index in [1.54, 1.807) is 0 Å². The molecule has 1 fully saturated rings. The van der Waals surface area contributed by atoms with Crippen LogP contribution in [-0.2, 0) is 4.79 Å². The van der Waals surface area contributed by atoms with E-state index in [1.165, 1.54) is 11.1 Å². The number of hydrogen-bond acceptors (Lipinski definition) is 2. The highest BCUT2D eigenvalue weighted by molar-refractivity contribution is 5.97. The van der Waals surface area contributed by atoms with Crippen molar-refractivity contribution >= 4 is 5.78 Å². The van der Waals surface area contributed by atoms with Gasteiger partial charge >= 0.3 is 0 Å². The number of hydrogen-bond donors (Lipinski definition) is 1. The van der Waals surface area contributed by atoms with Crippen LogP contribution in [0.25, 0.3) is 0 Å². The number of carbonyl (C=O) groups excluding carboxylic acids is 1. The Morgan fingerprint density at radius 3 is 2.72 bits per heavy atom. The minimum atomic E-state index is -0.233. The molecule has 3 aliphatic rings. The van der Waals surface area contributed by atoms with Gasteiger partial charge in [-0.2, -0.15) is 0 Å². The zero-order chi connectivity index (χ0) is 13.1. The number of fused-ring (bicyclic) bond motifs is 3. The normalized spacial score (nSPS) is 43.7. The van der Waals surface area contributed by atoms with Gasteiger partial charge < -0.3 is 5.11 Å². The quantitative estimate of drug-likeness (QED) is 0.667. The lowest BCUT2D eigenvalue weighted by Crippen LogP contribution is -2.43. The Labute approximate surface area is 109 Å². The summed E-state index contributed by atoms with van der Waals surface area (Å²) >= 11 is 0. The minimum Gasteiger partial charge on any atom is -0.392 e. The van der Waals surface area contributed by atoms with Crippen LogP contribution >= 0.6 is 0 Å². The third kappa shape index (κ3) is 1.30. The lowest BCUT2D eigenvalue weighted by molar-refractivity contribution is -0.116. The van der Waals surface area contributed by atoms with Gasteiger partial charge in [0, 0.05) is 17.3 Å². The molecule has 0 heterocycles. The first-order valence-corrected chi connectivity index (χ1v) is 7.02. The molecule has 0 spiro atoms. The van der Waals surface area contributed by atoms with Crippen LogP contribution in [0, 0.1) is 10.8 Å². The van der Waals surface area contributed by atoms with E-state index < -0.39 is 0 Å². The number of aliphatic hydroxyl groups excluding tert-OH is 1. The molecule has 0 saturated heterocycles. The Kier molecular flexibility index (Phi) is 2.41. The first-order chi connectivity index (χ1) is 8.39. The van der Waals surface area contributed by atoms with Gasteiger partial charge in [-0.3, -0.25) is 4.79 Å². The molecule has 0 aliphatic heterocycles. The summed E-state index contributed by atoms with van der Waals surface area (Å²) in [5.74, 6) is 0.324. The molecular formula is C16H22O2. The summed E-state index contributed by atoms with van der Waals surface area (Å²) in [4.78, 5) is 11.9. The van der Waals surface area contributed by atoms with Crippen molar-refractivity contribution in [2.24, 2.45) is 10.8 Å². The molecule has 1 N–H and O–H groups in total. The van der Waals surface area contributed by atoms with Gasteiger partial charge in [0.25, 0.3) is 0 Å². The number of ketones is 1. The van der Waals surface area contributed by atoms with E-state index in [0.717, 1.165) is 31.3 Å². The number of Topliss-reactive ketones (excluding diaryl/α,β-unsaturated/α-hetero) is 1. The second-order valence-electron chi connectivity index (χ2n) is 6.65. The molecule has 98 valence electrons. The van der Waals surface area contributed by atoms with Crippen LogP contribution < -0.4 is 0 Å². The summed E-state index contributed by atoms with van der Waals surface area (Å²) in [6, 6.07) is 0. The lowest BCUT2D eigenvalue weighted by atomic mass is 9.54. The Hall–Kier alpha value is -0.890. The zero-order valence-electron chi connectivity index (χ0n) is 11.5. The summed E-state index contributed by atoms with van der Waals surface area (Å²) in [5.41, 5.74) is 3.71. The minimum absolute atomic E-state index is 0.0302. The van der Waals surface area contributed by atoms with E-state index in [-0.39, 0.29) is 16.9 Å². The van der Waals surface area contributed by atoms with Crippen molar-refractivity contribution in [3.63, 3.8) is 0 Å². The van der Waals surface area contributed by atoms with Gasteiger partial charge in [-0.15, -0.1) is 0 Å². The van der Waals surface area contributed by atoms with Crippen molar-refractivity contribution in [2.75, 3.05) is 0 Å². The molecule has 0 radical (unpaired) electrons. The van der Waals surface area contributed by atoms with Crippen LogP contribution in [0.15, 0.2) is 22.8 Å². The van der Waals surface area contributed by atoms with E-state index in [9.17, 15) is 9.90 Å². The predicted molar refractivity (Wildman–Crippen MR) is 71.1 cm³/mol. The van der Waals surface area contributed by atoms with Gasteiger partial charge in [-0.05, 0) is 38.2 Å². The molecule has 2 heteroatoms. The molecule has 0 aromatic rings. The summed E-state index contributed by atoms with van der Waals surface area (Å²) in [6.45, 7) is 6.47. The summed E-state index contributed by atoms with van der Waals surface area (Å²) < 4.78 is 0. The molecule has 0 unspecified atom stereocenters. The molecular weight excluding hydrogens is 224 g/mol. The maximum Gasteiger partial charge on any atom is 0.158 e. The fourth-order valence-corrected chi connectivity index (χ4v) is 4.49. The number of allylic oxidation sites excluding steroid dienone is 2. The summed E-state index contributed by atoms with van der Waals surface area (Å²) in [5, 5.41) is 10.3. The van der Waals surface area contributed by atoms with Crippen molar-refractivity contribution in [1.29, 1.82) is 0 Å². The van der Waals surface area contributed by atoms with Gasteiger partial charge in [0.15, 0.2) is 5.78 Å². The highest BCUT2D eigenvalue weighted by Gasteiger charge is 2.53. The molecule has 18 heavy (non-hydrogen) atoms. The molecule has 1 saturated carbocycles. The SMILES string of the molecule is CC1=C2CC[C@@]3(C)C(=CC[C@H]3O)[C@]2(C)CCC1=O. The second kappa shape index (κ2) is 3.57. The molecule has 3 aliphatic carbocycles. The zero-order valence-corrected chi connectivity index (χ0v) is 11.5. The Morgan fingerprint density at radius 1 is 1.28 bits per heavy atom. The molecule has 0 aromatic carbocycles. The maximum absolute atomic E-state index is 11.9. The highest BCUT2D eigenvalue weighted by Crippen LogP contribution is 2.61. The third-order valence-electron chi connectivity index (χ3n) is 5.77. The van der Waals surface area contributed by atoms with Crippen molar-refractivity contribution in [1.82, 2.24) is 0 Å². The first-order valence-electron chi connectivity index (χ1n) is 7.02. The van der Waals surface area contributed by atoms with Gasteiger partial charge in [-0.1, -0.05) is 31.1 Å². The Morgan fingerprint density at radius 2 is 2.00 bits per heavy atom. The van der Waals surface area contributed by atoms with E-state index in [2.05, 4.69) is 19.9 Å². The average Bonchev–Trinajstić information content (AvgIpc) is 2.63. The first kappa shape index (κ1) is 12.2. The van der Waals surface area contributed by atoms with Gasteiger partial charge in [0.2, 0.25) is 0 Å². The summed E-state index contributed by atoms with van der Waals surface area (Å²) in [7, 11) is 0. The van der Waals surface area contributed by atoms with Crippen LogP contribution in [0.4, 0.5) is 0 Å². The topological polar surface area (TPSA) is 37.3 Å². The van der Waals surface area contributed by atoms with E-state index in [1.807, 2.05) is 6.92 Å². The fraction of sp³-hybridized carbons (Fsp3) is 0.688. The molecule has 3 rings (SSSR count). The fourth-order valence-electron chi connectivity index (χ4n) is 4.49. The van der Waals surface area contributed by atoms with Crippen molar-refractivity contribution in [3.05, 3.63) is 22.8 Å². The Balaban J connectivity index is 2.14. The van der Waals surface area contributed by atoms with Crippen LogP contribution in [0.2, 0.25) is 0 Å². The number of carbonyl (C=O) groups is 1. The maximum atomic E-state index is 11.9. The van der Waals surface area contributed by atoms with E-state index >= 15 is 0 Å². The molecule has 0 aromatic heterocycles. The smallest absolute Gasteiger partial charge is 0.158 e. The van der Waals surface area contributed by atoms with Crippen molar-refractivity contribution in [2.45, 2.75) is 59.0 Å². The number of rotatable bonds is 0. The Bertz CT molecular complexity index is 485. The van der Waals surface area contributed by atoms with Gasteiger partial charge in [0.1, 0.15) is 0 Å². The van der Waals surface area contributed by atoms with Gasteiger partial charge in [0.05, 0.1) is 6.10 Å².